The van der Waals surface area contributed by atoms with Crippen molar-refractivity contribution in [3.05, 3.63) is 316 Å². The summed E-state index contributed by atoms with van der Waals surface area (Å²) >= 11 is 0. The van der Waals surface area contributed by atoms with Gasteiger partial charge < -0.3 is 9.80 Å². The summed E-state index contributed by atoms with van der Waals surface area (Å²) in [5.41, 5.74) is 30.6. The van der Waals surface area contributed by atoms with Gasteiger partial charge in [0.05, 0.1) is 33.6 Å². The molecule has 0 atom stereocenters. The summed E-state index contributed by atoms with van der Waals surface area (Å²) in [4.78, 5) is 15.3. The van der Waals surface area contributed by atoms with Crippen LogP contribution in [0.2, 0.25) is 0 Å². The Hall–Kier alpha value is -9.64. The van der Waals surface area contributed by atoms with E-state index in [4.69, 9.17) is 9.97 Å². The summed E-state index contributed by atoms with van der Waals surface area (Å²) in [5, 5.41) is 0. The molecule has 11 aromatic rings. The highest BCUT2D eigenvalue weighted by Crippen LogP contribution is 2.65. The molecule has 4 nitrogen and oxygen atoms in total. The lowest BCUT2D eigenvalue weighted by atomic mass is 9.62. The first-order valence-corrected chi connectivity index (χ1v) is 27.1. The van der Waals surface area contributed by atoms with Gasteiger partial charge in [0.1, 0.15) is 0 Å². The van der Waals surface area contributed by atoms with Crippen LogP contribution in [0.5, 0.6) is 0 Å². The van der Waals surface area contributed by atoms with Crippen LogP contribution >= 0.6 is 0 Å². The van der Waals surface area contributed by atoms with E-state index in [9.17, 15) is 0 Å². The van der Waals surface area contributed by atoms with Crippen LogP contribution in [0.3, 0.4) is 0 Å². The van der Waals surface area contributed by atoms with Crippen LogP contribution in [-0.2, 0) is 17.3 Å². The predicted molar refractivity (Wildman–Crippen MR) is 312 cm³/mol. The van der Waals surface area contributed by atoms with Crippen molar-refractivity contribution in [2.24, 2.45) is 0 Å². The second-order valence-corrected chi connectivity index (χ2v) is 21.4. The third-order valence-corrected chi connectivity index (χ3v) is 17.9. The van der Waals surface area contributed by atoms with Gasteiger partial charge in [0.15, 0.2) is 5.82 Å². The number of allylic oxidation sites excluding steroid dienone is 3. The summed E-state index contributed by atoms with van der Waals surface area (Å²) in [5.74, 6) is 0.752. The molecule has 3 heterocycles. The fraction of sp³-hybridized carbons (Fsp3) is 0.0685. The van der Waals surface area contributed by atoms with Gasteiger partial charge in [-0.2, -0.15) is 0 Å². The van der Waals surface area contributed by atoms with Crippen molar-refractivity contribution in [1.82, 2.24) is 9.97 Å². The summed E-state index contributed by atoms with van der Waals surface area (Å²) in [7, 11) is 0. The quantitative estimate of drug-likeness (QED) is 0.176. The van der Waals surface area contributed by atoms with Gasteiger partial charge in [0, 0.05) is 40.8 Å². The number of rotatable bonds is 4. The molecule has 0 unspecified atom stereocenters. The Morgan fingerprint density at radius 2 is 0.831 bits per heavy atom. The molecule has 0 saturated heterocycles. The van der Waals surface area contributed by atoms with Crippen molar-refractivity contribution in [3.63, 3.8) is 0 Å². The zero-order chi connectivity index (χ0) is 50.4. The van der Waals surface area contributed by atoms with Gasteiger partial charge in [-0.25, -0.2) is 9.97 Å². The zero-order valence-corrected chi connectivity index (χ0v) is 42.2. The Morgan fingerprint density at radius 1 is 0.377 bits per heavy atom. The van der Waals surface area contributed by atoms with Crippen LogP contribution < -0.4 is 9.80 Å². The van der Waals surface area contributed by atoms with Gasteiger partial charge in [-0.05, 0) is 169 Å². The summed E-state index contributed by atoms with van der Waals surface area (Å²) < 4.78 is 0. The highest BCUT2D eigenvalue weighted by atomic mass is 15.2. The number of fused-ring (bicyclic) bond motifs is 20. The highest BCUT2D eigenvalue weighted by Gasteiger charge is 2.53. The van der Waals surface area contributed by atoms with Gasteiger partial charge in [-0.15, -0.1) is 0 Å². The SMILES string of the molecule is C1=CC2=C(CC1)C1(c3ccccc3-c3ccccc31)c1ccccc1N2c1ccc(-c2ncc3c(n2)Cc2ccc(-c4ccc(N5c6ccccc6C6(c7ccccc7-c7ccccc76)c6ccccc65)cc4)cc2-3)cc1. The Bertz CT molecular complexity index is 4250. The normalized spacial score (nSPS) is 15.7. The second kappa shape index (κ2) is 15.9. The van der Waals surface area contributed by atoms with Crippen molar-refractivity contribution in [2.45, 2.75) is 30.1 Å². The lowest BCUT2D eigenvalue weighted by Gasteiger charge is -2.47. The Labute approximate surface area is 448 Å². The molecule has 17 rings (SSSR count). The van der Waals surface area contributed by atoms with Gasteiger partial charge in [0.2, 0.25) is 0 Å². The van der Waals surface area contributed by atoms with Crippen molar-refractivity contribution in [1.29, 1.82) is 0 Å². The van der Waals surface area contributed by atoms with Crippen LogP contribution in [-0.4, -0.2) is 9.97 Å². The van der Waals surface area contributed by atoms with Crippen molar-refractivity contribution in [3.8, 4) is 55.9 Å². The molecular weight excluding hydrogens is 933 g/mol. The Morgan fingerprint density at radius 3 is 1.40 bits per heavy atom. The third kappa shape index (κ3) is 5.66. The monoisotopic (exact) mass is 980 g/mol. The molecule has 4 heteroatoms. The molecule has 1 aromatic heterocycles. The van der Waals surface area contributed by atoms with Gasteiger partial charge in [-0.3, -0.25) is 0 Å². The van der Waals surface area contributed by atoms with E-state index in [1.807, 2.05) is 6.20 Å². The smallest absolute Gasteiger partial charge is 0.159 e. The lowest BCUT2D eigenvalue weighted by Crippen LogP contribution is -2.39. The summed E-state index contributed by atoms with van der Waals surface area (Å²) in [6.45, 7) is 0. The largest absolute Gasteiger partial charge is 0.310 e. The van der Waals surface area contributed by atoms with Crippen molar-refractivity contribution in [2.75, 3.05) is 9.80 Å². The maximum absolute atomic E-state index is 5.28. The molecule has 360 valence electrons. The van der Waals surface area contributed by atoms with E-state index < -0.39 is 5.41 Å². The Balaban J connectivity index is 0.683. The minimum atomic E-state index is -0.426. The lowest BCUT2D eigenvalue weighted by molar-refractivity contribution is 0.664. The molecule has 0 fully saturated rings. The molecule has 6 aliphatic rings. The molecule has 0 N–H and O–H groups in total. The van der Waals surface area contributed by atoms with E-state index in [2.05, 4.69) is 259 Å². The Kier molecular flexibility index (Phi) is 8.84. The molecule has 2 aliphatic heterocycles. The van der Waals surface area contributed by atoms with Gasteiger partial charge in [-0.1, -0.05) is 182 Å². The maximum atomic E-state index is 5.28. The van der Waals surface area contributed by atoms with E-state index in [1.54, 1.807) is 0 Å². The second-order valence-electron chi connectivity index (χ2n) is 21.4. The van der Waals surface area contributed by atoms with Gasteiger partial charge >= 0.3 is 0 Å². The number of hydrogen-bond acceptors (Lipinski definition) is 4. The average molecular weight is 981 g/mol. The molecule has 4 aliphatic carbocycles. The van der Waals surface area contributed by atoms with Crippen LogP contribution in [0.4, 0.5) is 28.4 Å². The number of anilines is 5. The van der Waals surface area contributed by atoms with Crippen LogP contribution in [0, 0.1) is 0 Å². The molecule has 2 spiro atoms. The first kappa shape index (κ1) is 42.7. The number of benzene rings is 10. The van der Waals surface area contributed by atoms with E-state index in [0.717, 1.165) is 53.3 Å². The van der Waals surface area contributed by atoms with Gasteiger partial charge in [0.25, 0.3) is 0 Å². The summed E-state index contributed by atoms with van der Waals surface area (Å²) in [6, 6.07) is 88.2. The van der Waals surface area contributed by atoms with E-state index in [0.29, 0.717) is 0 Å². The van der Waals surface area contributed by atoms with E-state index >= 15 is 0 Å². The first-order valence-electron chi connectivity index (χ1n) is 27.1. The molecule has 0 bridgehead atoms. The minimum Gasteiger partial charge on any atom is -0.310 e. The molecule has 0 radical (unpaired) electrons. The van der Waals surface area contributed by atoms with Crippen LogP contribution in [0.1, 0.15) is 63.0 Å². The summed E-state index contributed by atoms with van der Waals surface area (Å²) in [6.07, 6.45) is 9.56. The van der Waals surface area contributed by atoms with Crippen LogP contribution in [0.15, 0.2) is 266 Å². The topological polar surface area (TPSA) is 32.3 Å². The fourth-order valence-electron chi connectivity index (χ4n) is 14.8. The third-order valence-electron chi connectivity index (χ3n) is 17.9. The number of hydrogen-bond donors (Lipinski definition) is 0. The average Bonchev–Trinajstić information content (AvgIpc) is 4.36. The number of nitrogens with zero attached hydrogens (tertiary/aromatic N) is 4. The molecule has 77 heavy (non-hydrogen) atoms. The van der Waals surface area contributed by atoms with Crippen molar-refractivity contribution < 1.29 is 0 Å². The standard InChI is InChI=1S/C73H48N4/c1-5-21-58-52(17-1)53-18-2-6-22-59(53)72(58)62-25-9-13-29-67(62)76(68-30-14-10-26-63(68)72)50-39-35-46(36-40-50)48-33-34-49-44-66-57(56(49)43-48)45-74-71(75-66)47-37-41-51(42-38-47)77-69-31-15-11-27-64(69)73(65-28-12-16-32-70(65)77)60-23-7-3-19-54(60)55-20-4-8-24-61(55)73/h1-11,13-27,29-43,45H,12,28,44H2. The number of aromatic nitrogens is 2. The molecule has 0 saturated carbocycles. The van der Waals surface area contributed by atoms with E-state index in [-0.39, 0.29) is 5.41 Å². The van der Waals surface area contributed by atoms with Crippen molar-refractivity contribution >= 4 is 28.4 Å². The predicted octanol–water partition coefficient (Wildman–Crippen LogP) is 17.6. The molecular formula is C73H48N4. The number of para-hydroxylation sites is 3. The maximum Gasteiger partial charge on any atom is 0.159 e. The highest BCUT2D eigenvalue weighted by molar-refractivity contribution is 5.97. The fourth-order valence-corrected chi connectivity index (χ4v) is 14.8. The first-order chi connectivity index (χ1) is 38.2. The van der Waals surface area contributed by atoms with Crippen LogP contribution in [0.25, 0.3) is 55.9 Å². The molecule has 0 amide bonds. The minimum absolute atomic E-state index is 0.349. The zero-order valence-electron chi connectivity index (χ0n) is 42.2. The van der Waals surface area contributed by atoms with E-state index in [1.165, 1.54) is 112 Å². The molecule has 10 aromatic carbocycles.